The molecule has 5 heteroatoms. The standard InChI is InChI=1S/C7H8N.C3H7S.2C2H5O.Sn/c8-6-7-4-2-1-3-5-7;1-3-4-2;2*1-2-3;/h1-4H,6,8H2;2-3H2,1H3;2*2H2,1H3;/q;;2*-1;+2. The van der Waals surface area contributed by atoms with Gasteiger partial charge in [-0.1, -0.05) is 13.8 Å². The summed E-state index contributed by atoms with van der Waals surface area (Å²) < 4.78 is 2.95. The minimum atomic E-state index is -0.354. The molecule has 3 nitrogen and oxygen atoms in total. The first-order valence-corrected chi connectivity index (χ1v) is 11.1. The second-order valence-electron chi connectivity index (χ2n) is 3.25. The number of hydrogen-bond acceptors (Lipinski definition) is 4. The van der Waals surface area contributed by atoms with Crippen LogP contribution in [0.3, 0.4) is 0 Å². The van der Waals surface area contributed by atoms with Gasteiger partial charge in [0.1, 0.15) is 0 Å². The van der Waals surface area contributed by atoms with Gasteiger partial charge in [0.15, 0.2) is 0 Å². The van der Waals surface area contributed by atoms with Gasteiger partial charge < -0.3 is 10.2 Å². The maximum absolute atomic E-state index is 8.93. The van der Waals surface area contributed by atoms with Gasteiger partial charge in [-0.3, -0.25) is 0 Å². The molecular formula is C14H25NO2SSn. The second kappa shape index (κ2) is 18.2. The van der Waals surface area contributed by atoms with E-state index in [0.29, 0.717) is 6.54 Å². The Balaban J connectivity index is 0. The van der Waals surface area contributed by atoms with Crippen molar-refractivity contribution < 1.29 is 10.2 Å². The molecular weight excluding hydrogens is 365 g/mol. The van der Waals surface area contributed by atoms with Gasteiger partial charge in [0.2, 0.25) is 0 Å². The molecule has 1 rings (SSSR count). The van der Waals surface area contributed by atoms with Crippen LogP contribution in [0.2, 0.25) is 0 Å². The summed E-state index contributed by atoms with van der Waals surface area (Å²) in [5, 5.41) is 17.9. The van der Waals surface area contributed by atoms with E-state index in [1.807, 2.05) is 0 Å². The topological polar surface area (TPSA) is 72.1 Å². The van der Waals surface area contributed by atoms with Crippen LogP contribution in [0.5, 0.6) is 0 Å². The van der Waals surface area contributed by atoms with E-state index < -0.39 is 0 Å². The Morgan fingerprint density at radius 3 is 2.11 bits per heavy atom. The summed E-state index contributed by atoms with van der Waals surface area (Å²) in [6, 6.07) is 8.63. The zero-order valence-electron chi connectivity index (χ0n) is 12.1. The van der Waals surface area contributed by atoms with Crippen molar-refractivity contribution >= 4 is 36.5 Å². The molecule has 0 radical (unpaired) electrons. The first-order chi connectivity index (χ1) is 9.21. The van der Waals surface area contributed by atoms with E-state index in [9.17, 15) is 0 Å². The Kier molecular flexibility index (Phi) is 20.7. The Morgan fingerprint density at radius 1 is 1.11 bits per heavy atom. The van der Waals surface area contributed by atoms with Crippen molar-refractivity contribution in [3.05, 3.63) is 29.8 Å². The van der Waals surface area contributed by atoms with Crippen molar-refractivity contribution in [2.24, 2.45) is 5.73 Å². The van der Waals surface area contributed by atoms with Crippen molar-refractivity contribution in [1.29, 1.82) is 0 Å². The van der Waals surface area contributed by atoms with Gasteiger partial charge in [0.25, 0.3) is 0 Å². The van der Waals surface area contributed by atoms with Crippen LogP contribution in [0, 0.1) is 0 Å². The molecule has 19 heavy (non-hydrogen) atoms. The molecule has 0 atom stereocenters. The number of nitrogens with two attached hydrogens (primary N) is 1. The van der Waals surface area contributed by atoms with E-state index in [4.69, 9.17) is 15.9 Å². The van der Waals surface area contributed by atoms with Crippen molar-refractivity contribution in [2.45, 2.75) is 27.3 Å². The van der Waals surface area contributed by atoms with Crippen LogP contribution in [-0.4, -0.2) is 43.9 Å². The molecule has 0 fully saturated rings. The predicted octanol–water partition coefficient (Wildman–Crippen LogP) is -0.0814. The molecule has 2 N–H and O–H groups in total. The minimum Gasteiger partial charge on any atom is -0.855 e. The Bertz CT molecular complexity index is 286. The van der Waals surface area contributed by atoms with Gasteiger partial charge in [-0.25, -0.2) is 0 Å². The van der Waals surface area contributed by atoms with Gasteiger partial charge >= 0.3 is 95.0 Å². The fraction of sp³-hybridized carbons (Fsp3) is 0.571. The maximum Gasteiger partial charge on any atom is -0.0809 e. The van der Waals surface area contributed by atoms with Crippen LogP contribution in [0.25, 0.3) is 0 Å². The van der Waals surface area contributed by atoms with Crippen LogP contribution in [0.1, 0.15) is 26.3 Å². The zero-order chi connectivity index (χ0) is 14.9. The molecule has 0 aliphatic rings. The maximum atomic E-state index is 8.93. The Morgan fingerprint density at radius 2 is 1.63 bits per heavy atom. The first kappa shape index (κ1) is 21.5. The molecule has 0 amide bonds. The van der Waals surface area contributed by atoms with E-state index in [1.54, 1.807) is 17.4 Å². The van der Waals surface area contributed by atoms with E-state index in [2.05, 4.69) is 43.0 Å². The van der Waals surface area contributed by atoms with Crippen molar-refractivity contribution in [2.75, 3.05) is 22.7 Å². The average molecular weight is 390 g/mol. The summed E-state index contributed by atoms with van der Waals surface area (Å²) in [5.41, 5.74) is 7.04. The number of rotatable bonds is 5. The largest absolute Gasteiger partial charge is 0.855 e. The molecule has 0 aliphatic heterocycles. The Labute approximate surface area is 132 Å². The molecule has 108 valence electrons. The van der Waals surface area contributed by atoms with E-state index >= 15 is 0 Å². The predicted molar refractivity (Wildman–Crippen MR) is 83.8 cm³/mol. The molecule has 1 aromatic rings. The average Bonchev–Trinajstić information content (AvgIpc) is 2.41. The van der Waals surface area contributed by atoms with E-state index in [1.165, 1.54) is 15.1 Å². The van der Waals surface area contributed by atoms with Gasteiger partial charge in [0.05, 0.1) is 0 Å². The summed E-state index contributed by atoms with van der Waals surface area (Å²) in [6.45, 7) is 6.06. The summed E-state index contributed by atoms with van der Waals surface area (Å²) in [7, 11) is 0. The first-order valence-electron chi connectivity index (χ1n) is 6.47. The fourth-order valence-electron chi connectivity index (χ4n) is 1.10. The monoisotopic (exact) mass is 391 g/mol. The van der Waals surface area contributed by atoms with Crippen LogP contribution in [0.4, 0.5) is 0 Å². The number of benzene rings is 1. The summed E-state index contributed by atoms with van der Waals surface area (Å²) in [6.07, 6.45) is 0. The van der Waals surface area contributed by atoms with Gasteiger partial charge in [0, 0.05) is 0 Å². The van der Waals surface area contributed by atoms with E-state index in [0.717, 1.165) is 0 Å². The summed E-state index contributed by atoms with van der Waals surface area (Å²) >= 11 is 1.70. The SMILES string of the molecule is CCS[CH2][Sn+2][c]1ccccc1CN.CC[O-].CC[O-]. The summed E-state index contributed by atoms with van der Waals surface area (Å²) in [4.78, 5) is 0. The van der Waals surface area contributed by atoms with Crippen molar-refractivity contribution in [1.82, 2.24) is 0 Å². The number of thioether (sulfide) groups is 1. The van der Waals surface area contributed by atoms with Crippen LogP contribution < -0.4 is 19.5 Å². The van der Waals surface area contributed by atoms with Crippen molar-refractivity contribution in [3.63, 3.8) is 0 Å². The van der Waals surface area contributed by atoms with Gasteiger partial charge in [-0.05, 0) is 0 Å². The van der Waals surface area contributed by atoms with Gasteiger partial charge in [-0.15, -0.1) is 13.2 Å². The fourth-order valence-corrected chi connectivity index (χ4v) is 7.30. The van der Waals surface area contributed by atoms with Crippen LogP contribution in [-0.2, 0) is 6.54 Å². The summed E-state index contributed by atoms with van der Waals surface area (Å²) in [5.74, 6) is 1.24. The molecule has 0 saturated heterocycles. The third-order valence-electron chi connectivity index (χ3n) is 1.81. The molecule has 0 unspecified atom stereocenters. The third kappa shape index (κ3) is 14.5. The van der Waals surface area contributed by atoms with E-state index in [-0.39, 0.29) is 34.4 Å². The molecule has 0 aromatic heterocycles. The third-order valence-corrected chi connectivity index (χ3v) is 8.03. The molecule has 0 saturated carbocycles. The molecule has 0 bridgehead atoms. The van der Waals surface area contributed by atoms with Gasteiger partial charge in [-0.2, -0.15) is 0 Å². The molecule has 0 aliphatic carbocycles. The zero-order valence-corrected chi connectivity index (χ0v) is 15.8. The second-order valence-corrected chi connectivity index (χ2v) is 9.55. The van der Waals surface area contributed by atoms with Crippen LogP contribution >= 0.6 is 11.8 Å². The Hall–Kier alpha value is 0.249. The molecule has 0 spiro atoms. The normalized spacial score (nSPS) is 8.53. The molecule has 1 aromatic carbocycles. The van der Waals surface area contributed by atoms with Crippen molar-refractivity contribution in [3.8, 4) is 0 Å². The number of hydrogen-bond donors (Lipinski definition) is 1. The smallest absolute Gasteiger partial charge is 0.0809 e. The quantitative estimate of drug-likeness (QED) is 0.564. The minimum absolute atomic E-state index is 0. The molecule has 0 heterocycles. The van der Waals surface area contributed by atoms with Crippen LogP contribution in [0.15, 0.2) is 24.3 Å².